The van der Waals surface area contributed by atoms with E-state index in [2.05, 4.69) is 15.9 Å². The van der Waals surface area contributed by atoms with Gasteiger partial charge in [0.15, 0.2) is 0 Å². The Balaban J connectivity index is 2.91. The van der Waals surface area contributed by atoms with Crippen LogP contribution in [0.1, 0.15) is 23.2 Å². The summed E-state index contributed by atoms with van der Waals surface area (Å²) in [4.78, 5) is 13.5. The average molecular weight is 324 g/mol. The number of amides is 1. The number of benzene rings is 1. The summed E-state index contributed by atoms with van der Waals surface area (Å²) in [5.41, 5.74) is -0.0564. The highest BCUT2D eigenvalue weighted by Gasteiger charge is 2.18. The summed E-state index contributed by atoms with van der Waals surface area (Å²) in [5, 5.41) is 17.1. The first-order valence-electron chi connectivity index (χ1n) is 5.58. The van der Waals surface area contributed by atoms with Crippen molar-refractivity contribution in [2.45, 2.75) is 12.8 Å². The fourth-order valence-corrected chi connectivity index (χ4v) is 1.85. The molecule has 0 aliphatic heterocycles. The number of carbonyl (C=O) groups excluding carboxylic acids is 1. The molecule has 1 amide bonds. The molecule has 0 radical (unpaired) electrons. The number of halogens is 2. The Morgan fingerprint density at radius 2 is 1.84 bits per heavy atom. The highest BCUT2D eigenvalue weighted by Crippen LogP contribution is 2.17. The van der Waals surface area contributed by atoms with Gasteiger partial charge in [-0.25, -0.2) is 4.39 Å². The summed E-state index contributed by atoms with van der Waals surface area (Å²) >= 11 is 3.12. The van der Waals surface area contributed by atoms with Crippen molar-refractivity contribution in [3.8, 4) is 12.1 Å². The van der Waals surface area contributed by atoms with Crippen LogP contribution in [0.25, 0.3) is 0 Å². The van der Waals surface area contributed by atoms with Gasteiger partial charge in [-0.15, -0.1) is 0 Å². The highest BCUT2D eigenvalue weighted by molar-refractivity contribution is 9.10. The van der Waals surface area contributed by atoms with Crippen molar-refractivity contribution in [2.24, 2.45) is 0 Å². The van der Waals surface area contributed by atoms with Gasteiger partial charge >= 0.3 is 0 Å². The minimum absolute atomic E-state index is 0.0564. The lowest BCUT2D eigenvalue weighted by molar-refractivity contribution is 0.0758. The van der Waals surface area contributed by atoms with Gasteiger partial charge in [-0.3, -0.25) is 4.79 Å². The van der Waals surface area contributed by atoms with Crippen LogP contribution in [-0.2, 0) is 0 Å². The average Bonchev–Trinajstić information content (AvgIpc) is 2.38. The Hall–Kier alpha value is -1.92. The zero-order valence-electron chi connectivity index (χ0n) is 10.1. The molecule has 0 bridgehead atoms. The summed E-state index contributed by atoms with van der Waals surface area (Å²) in [5.74, 6) is -1.13. The van der Waals surface area contributed by atoms with E-state index in [4.69, 9.17) is 10.5 Å². The van der Waals surface area contributed by atoms with Crippen LogP contribution in [0.5, 0.6) is 0 Å². The smallest absolute Gasteiger partial charge is 0.256 e. The fourth-order valence-electron chi connectivity index (χ4n) is 1.52. The van der Waals surface area contributed by atoms with Crippen LogP contribution in [0, 0.1) is 28.5 Å². The van der Waals surface area contributed by atoms with Crippen LogP contribution in [0.4, 0.5) is 4.39 Å². The van der Waals surface area contributed by atoms with E-state index in [0.717, 1.165) is 0 Å². The van der Waals surface area contributed by atoms with Crippen molar-refractivity contribution in [2.75, 3.05) is 13.1 Å². The van der Waals surface area contributed by atoms with Gasteiger partial charge in [0.25, 0.3) is 5.91 Å². The first kappa shape index (κ1) is 15.1. The van der Waals surface area contributed by atoms with Crippen molar-refractivity contribution < 1.29 is 9.18 Å². The van der Waals surface area contributed by atoms with Gasteiger partial charge in [0.05, 0.1) is 30.5 Å². The lowest BCUT2D eigenvalue weighted by Gasteiger charge is -2.20. The Morgan fingerprint density at radius 3 is 2.32 bits per heavy atom. The minimum atomic E-state index is -0.627. The zero-order chi connectivity index (χ0) is 14.3. The normalized spacial score (nSPS) is 9.47. The highest BCUT2D eigenvalue weighted by atomic mass is 79.9. The summed E-state index contributed by atoms with van der Waals surface area (Å²) in [6, 6.07) is 8.02. The van der Waals surface area contributed by atoms with Gasteiger partial charge in [0.1, 0.15) is 5.82 Å². The van der Waals surface area contributed by atoms with Gasteiger partial charge in [-0.1, -0.05) is 15.9 Å². The van der Waals surface area contributed by atoms with Crippen molar-refractivity contribution in [1.29, 1.82) is 10.5 Å². The first-order valence-corrected chi connectivity index (χ1v) is 6.37. The molecular formula is C13H11BrFN3O. The van der Waals surface area contributed by atoms with Crippen molar-refractivity contribution in [1.82, 2.24) is 4.90 Å². The molecule has 1 rings (SSSR count). The maximum atomic E-state index is 13.7. The lowest BCUT2D eigenvalue weighted by Crippen LogP contribution is -2.33. The first-order chi connectivity index (χ1) is 9.10. The molecule has 19 heavy (non-hydrogen) atoms. The van der Waals surface area contributed by atoms with Crippen LogP contribution in [0.2, 0.25) is 0 Å². The Labute approximate surface area is 119 Å². The lowest BCUT2D eigenvalue weighted by atomic mass is 10.1. The molecule has 0 spiro atoms. The molecule has 0 unspecified atom stereocenters. The Morgan fingerprint density at radius 1 is 1.26 bits per heavy atom. The van der Waals surface area contributed by atoms with Crippen molar-refractivity contribution in [3.05, 3.63) is 34.1 Å². The molecule has 4 nitrogen and oxygen atoms in total. The third-order valence-electron chi connectivity index (χ3n) is 2.44. The molecule has 98 valence electrons. The third-order valence-corrected chi connectivity index (χ3v) is 2.93. The van der Waals surface area contributed by atoms with E-state index in [9.17, 15) is 9.18 Å². The molecule has 0 N–H and O–H groups in total. The minimum Gasteiger partial charge on any atom is -0.336 e. The maximum Gasteiger partial charge on any atom is 0.256 e. The molecule has 0 atom stereocenters. The number of hydrogen-bond acceptors (Lipinski definition) is 3. The molecule has 1 aromatic carbocycles. The van der Waals surface area contributed by atoms with Crippen LogP contribution in [-0.4, -0.2) is 23.9 Å². The van der Waals surface area contributed by atoms with Crippen LogP contribution >= 0.6 is 15.9 Å². The largest absolute Gasteiger partial charge is 0.336 e. The van der Waals surface area contributed by atoms with Gasteiger partial charge in [0, 0.05) is 17.6 Å². The molecule has 0 aromatic heterocycles. The van der Waals surface area contributed by atoms with E-state index in [0.29, 0.717) is 4.47 Å². The van der Waals surface area contributed by atoms with E-state index < -0.39 is 11.7 Å². The van der Waals surface area contributed by atoms with Crippen LogP contribution in [0.15, 0.2) is 22.7 Å². The molecule has 0 aliphatic carbocycles. The number of carbonyl (C=O) groups is 1. The van der Waals surface area contributed by atoms with Gasteiger partial charge in [-0.05, 0) is 18.2 Å². The second kappa shape index (κ2) is 7.50. The van der Waals surface area contributed by atoms with E-state index in [1.165, 1.54) is 17.0 Å². The van der Waals surface area contributed by atoms with Crippen molar-refractivity contribution >= 4 is 21.8 Å². The summed E-state index contributed by atoms with van der Waals surface area (Å²) in [6.45, 7) is 0.374. The van der Waals surface area contributed by atoms with E-state index in [1.54, 1.807) is 6.07 Å². The SMILES string of the molecule is N#CCCN(CCC#N)C(=O)c1ccc(Br)cc1F. The predicted octanol–water partition coefficient (Wildman–Crippen LogP) is 2.86. The van der Waals surface area contributed by atoms with E-state index >= 15 is 0 Å². The summed E-state index contributed by atoms with van der Waals surface area (Å²) in [7, 11) is 0. The molecule has 6 heteroatoms. The second-order valence-corrected chi connectivity index (χ2v) is 4.65. The predicted molar refractivity (Wildman–Crippen MR) is 70.5 cm³/mol. The molecule has 0 saturated carbocycles. The molecule has 1 aromatic rings. The standard InChI is InChI=1S/C13H11BrFN3O/c14-10-3-4-11(12(15)9-10)13(19)18(7-1-5-16)8-2-6-17/h3-4,9H,1-2,7-8H2. The van der Waals surface area contributed by atoms with Crippen LogP contribution < -0.4 is 0 Å². The molecule has 0 fully saturated rings. The van der Waals surface area contributed by atoms with Gasteiger partial charge in [0.2, 0.25) is 0 Å². The Kier molecular flexibility index (Phi) is 5.98. The van der Waals surface area contributed by atoms with Crippen LogP contribution in [0.3, 0.4) is 0 Å². The molecular weight excluding hydrogens is 313 g/mol. The zero-order valence-corrected chi connectivity index (χ0v) is 11.7. The summed E-state index contributed by atoms with van der Waals surface area (Å²) < 4.78 is 14.2. The monoisotopic (exact) mass is 323 g/mol. The molecule has 0 heterocycles. The molecule has 0 aliphatic rings. The number of nitriles is 2. The number of nitrogens with zero attached hydrogens (tertiary/aromatic N) is 3. The number of hydrogen-bond donors (Lipinski definition) is 0. The van der Waals surface area contributed by atoms with Gasteiger partial charge in [-0.2, -0.15) is 10.5 Å². The van der Waals surface area contributed by atoms with Gasteiger partial charge < -0.3 is 4.90 Å². The van der Waals surface area contributed by atoms with E-state index in [-0.39, 0.29) is 31.5 Å². The number of rotatable bonds is 5. The van der Waals surface area contributed by atoms with E-state index in [1.807, 2.05) is 12.1 Å². The van der Waals surface area contributed by atoms with Crippen molar-refractivity contribution in [3.63, 3.8) is 0 Å². The Bertz CT molecular complexity index is 530. The quantitative estimate of drug-likeness (QED) is 0.836. The second-order valence-electron chi connectivity index (χ2n) is 3.73. The summed E-state index contributed by atoms with van der Waals surface area (Å²) in [6.07, 6.45) is 0.296. The fraction of sp³-hybridized carbons (Fsp3) is 0.308. The third kappa shape index (κ3) is 4.35. The molecule has 0 saturated heterocycles. The maximum absolute atomic E-state index is 13.7. The topological polar surface area (TPSA) is 67.9 Å².